The Labute approximate surface area is 123 Å². The van der Waals surface area contributed by atoms with Crippen LogP contribution in [0.25, 0.3) is 0 Å². The molecule has 0 spiro atoms. The summed E-state index contributed by atoms with van der Waals surface area (Å²) in [7, 11) is 2.22. The van der Waals surface area contributed by atoms with Gasteiger partial charge in [0.25, 0.3) is 0 Å². The lowest BCUT2D eigenvalue weighted by atomic mass is 9.82. The average molecular weight is 271 g/mol. The summed E-state index contributed by atoms with van der Waals surface area (Å²) in [6, 6.07) is 8.09. The van der Waals surface area contributed by atoms with Crippen molar-refractivity contribution in [2.24, 2.45) is 0 Å². The van der Waals surface area contributed by atoms with Crippen molar-refractivity contribution < 1.29 is 0 Å². The molecule has 1 heterocycles. The molecule has 0 N–H and O–H groups in total. The van der Waals surface area contributed by atoms with Gasteiger partial charge in [-0.15, -0.1) is 0 Å². The number of hydrogen-bond acceptors (Lipinski definition) is 2. The van der Waals surface area contributed by atoms with Crippen molar-refractivity contribution in [3.63, 3.8) is 0 Å². The van der Waals surface area contributed by atoms with E-state index in [0.717, 1.165) is 19.0 Å². The number of aryl methyl sites for hydroxylation is 1. The van der Waals surface area contributed by atoms with E-state index in [1.807, 2.05) is 0 Å². The fourth-order valence-electron chi connectivity index (χ4n) is 3.68. The molecule has 0 atom stereocenters. The number of rotatable bonds is 2. The van der Waals surface area contributed by atoms with Gasteiger partial charge in [-0.05, 0) is 56.0 Å². The highest BCUT2D eigenvalue weighted by atomic mass is 15.2. The van der Waals surface area contributed by atoms with Gasteiger partial charge in [-0.1, -0.05) is 25.3 Å². The molecule has 2 fully saturated rings. The second-order valence-electron chi connectivity index (χ2n) is 6.58. The number of anilines is 1. The molecule has 1 saturated carbocycles. The van der Waals surface area contributed by atoms with Crippen LogP contribution in [0.1, 0.15) is 49.1 Å². The molecule has 1 aliphatic heterocycles. The maximum atomic E-state index is 3.43. The maximum Gasteiger partial charge on any atom is 0.0408 e. The second kappa shape index (κ2) is 6.17. The van der Waals surface area contributed by atoms with Crippen LogP contribution in [-0.2, 0) is 0 Å². The van der Waals surface area contributed by atoms with E-state index in [1.165, 1.54) is 56.4 Å². The largest absolute Gasteiger partial charge is 0.369 e. The molecule has 1 radical (unpaired) electrons. The van der Waals surface area contributed by atoms with E-state index in [9.17, 15) is 0 Å². The summed E-state index contributed by atoms with van der Waals surface area (Å²) < 4.78 is 0. The lowest BCUT2D eigenvalue weighted by Crippen LogP contribution is -2.45. The van der Waals surface area contributed by atoms with Crippen molar-refractivity contribution in [1.29, 1.82) is 0 Å². The van der Waals surface area contributed by atoms with Gasteiger partial charge in [-0.25, -0.2) is 0 Å². The van der Waals surface area contributed by atoms with E-state index < -0.39 is 0 Å². The molecule has 1 saturated heterocycles. The standard InChI is InChI=1S/C18H27N2/c1-15-8-9-18(20-12-10-19(2)11-13-20)17(14-15)16-6-4-3-5-7-16/h9,14,16H,3-7,10-13H2,1-2H3. The fourth-order valence-corrected chi connectivity index (χ4v) is 3.68. The Kier molecular flexibility index (Phi) is 4.30. The smallest absolute Gasteiger partial charge is 0.0408 e. The highest BCUT2D eigenvalue weighted by molar-refractivity contribution is 5.56. The number of hydrogen-bond donors (Lipinski definition) is 0. The van der Waals surface area contributed by atoms with Gasteiger partial charge in [0.1, 0.15) is 0 Å². The number of nitrogens with zero attached hydrogens (tertiary/aromatic N) is 2. The highest BCUT2D eigenvalue weighted by Crippen LogP contribution is 2.38. The molecule has 2 nitrogen and oxygen atoms in total. The van der Waals surface area contributed by atoms with Crippen molar-refractivity contribution >= 4 is 5.69 Å². The van der Waals surface area contributed by atoms with Crippen LogP contribution in [0.3, 0.4) is 0 Å². The van der Waals surface area contributed by atoms with Gasteiger partial charge in [0.2, 0.25) is 0 Å². The Morgan fingerprint density at radius 2 is 1.75 bits per heavy atom. The average Bonchev–Trinajstić information content (AvgIpc) is 2.49. The summed E-state index contributed by atoms with van der Waals surface area (Å²) in [6.45, 7) is 6.86. The van der Waals surface area contributed by atoms with Crippen LogP contribution in [0.4, 0.5) is 5.69 Å². The zero-order valence-electron chi connectivity index (χ0n) is 13.0. The Morgan fingerprint density at radius 1 is 1.05 bits per heavy atom. The van der Waals surface area contributed by atoms with Crippen molar-refractivity contribution in [1.82, 2.24) is 4.90 Å². The first-order chi connectivity index (χ1) is 9.74. The maximum absolute atomic E-state index is 3.43. The van der Waals surface area contributed by atoms with Gasteiger partial charge in [-0.3, -0.25) is 0 Å². The Morgan fingerprint density at radius 3 is 2.45 bits per heavy atom. The fraction of sp³-hybridized carbons (Fsp3) is 0.667. The zero-order chi connectivity index (χ0) is 13.9. The minimum absolute atomic E-state index is 0.784. The highest BCUT2D eigenvalue weighted by Gasteiger charge is 2.23. The van der Waals surface area contributed by atoms with Crippen LogP contribution in [0.5, 0.6) is 0 Å². The van der Waals surface area contributed by atoms with E-state index in [4.69, 9.17) is 0 Å². The van der Waals surface area contributed by atoms with Gasteiger partial charge >= 0.3 is 0 Å². The molecule has 1 aliphatic carbocycles. The lowest BCUT2D eigenvalue weighted by molar-refractivity contribution is 0.312. The van der Waals surface area contributed by atoms with Gasteiger partial charge in [-0.2, -0.15) is 0 Å². The van der Waals surface area contributed by atoms with Gasteiger partial charge in [0.15, 0.2) is 0 Å². The Hall–Kier alpha value is -1.02. The van der Waals surface area contributed by atoms with Crippen molar-refractivity contribution in [3.8, 4) is 0 Å². The molecule has 1 aromatic rings. The first-order valence-corrected chi connectivity index (χ1v) is 8.20. The normalized spacial score (nSPS) is 22.2. The number of benzene rings is 1. The van der Waals surface area contributed by atoms with E-state index >= 15 is 0 Å². The van der Waals surface area contributed by atoms with Crippen LogP contribution in [0.15, 0.2) is 12.1 Å². The minimum Gasteiger partial charge on any atom is -0.369 e. The third kappa shape index (κ3) is 3.01. The summed E-state index contributed by atoms with van der Waals surface area (Å²) in [6.07, 6.45) is 7.00. The van der Waals surface area contributed by atoms with Crippen LogP contribution in [0, 0.1) is 13.0 Å². The van der Waals surface area contributed by atoms with E-state index in [0.29, 0.717) is 0 Å². The third-order valence-corrected chi connectivity index (χ3v) is 4.99. The minimum atomic E-state index is 0.784. The van der Waals surface area contributed by atoms with Crippen LogP contribution < -0.4 is 4.90 Å². The summed E-state index contributed by atoms with van der Waals surface area (Å²) in [4.78, 5) is 5.01. The van der Waals surface area contributed by atoms with E-state index in [1.54, 1.807) is 5.56 Å². The van der Waals surface area contributed by atoms with Crippen molar-refractivity contribution in [2.45, 2.75) is 44.9 Å². The number of likely N-dealkylation sites (N-methyl/N-ethyl adjacent to an activating group) is 1. The topological polar surface area (TPSA) is 6.48 Å². The molecule has 0 bridgehead atoms. The monoisotopic (exact) mass is 271 g/mol. The van der Waals surface area contributed by atoms with Gasteiger partial charge in [0, 0.05) is 31.9 Å². The summed E-state index contributed by atoms with van der Waals surface area (Å²) in [5.41, 5.74) is 4.37. The summed E-state index contributed by atoms with van der Waals surface area (Å²) in [5.74, 6) is 0.784. The predicted octanol–water partition coefficient (Wildman–Crippen LogP) is 3.59. The molecule has 20 heavy (non-hydrogen) atoms. The van der Waals surface area contributed by atoms with Crippen LogP contribution in [0.2, 0.25) is 0 Å². The third-order valence-electron chi connectivity index (χ3n) is 4.99. The molecule has 1 aromatic carbocycles. The Bertz CT molecular complexity index is 441. The molecular weight excluding hydrogens is 244 g/mol. The van der Waals surface area contributed by atoms with Crippen molar-refractivity contribution in [2.75, 3.05) is 38.1 Å². The van der Waals surface area contributed by atoms with E-state index in [2.05, 4.69) is 42.0 Å². The Balaban J connectivity index is 1.85. The van der Waals surface area contributed by atoms with Gasteiger partial charge in [0.05, 0.1) is 0 Å². The SMILES string of the molecule is Cc1[c]cc(N2CCN(C)CC2)c(C2CCCCC2)c1. The molecule has 3 rings (SSSR count). The first-order valence-electron chi connectivity index (χ1n) is 8.20. The summed E-state index contributed by atoms with van der Waals surface area (Å²) >= 11 is 0. The molecule has 0 amide bonds. The molecule has 2 heteroatoms. The van der Waals surface area contributed by atoms with Crippen LogP contribution >= 0.6 is 0 Å². The molecule has 0 unspecified atom stereocenters. The number of piperazine rings is 1. The molecule has 109 valence electrons. The quantitative estimate of drug-likeness (QED) is 0.811. The predicted molar refractivity (Wildman–Crippen MR) is 85.6 cm³/mol. The molecule has 0 aromatic heterocycles. The lowest BCUT2D eigenvalue weighted by Gasteiger charge is -2.37. The zero-order valence-corrected chi connectivity index (χ0v) is 13.0. The molecular formula is C18H27N2. The van der Waals surface area contributed by atoms with Crippen molar-refractivity contribution in [3.05, 3.63) is 29.3 Å². The van der Waals surface area contributed by atoms with E-state index in [-0.39, 0.29) is 0 Å². The first kappa shape index (κ1) is 13.9. The van der Waals surface area contributed by atoms with Crippen LogP contribution in [-0.4, -0.2) is 38.1 Å². The summed E-state index contributed by atoms with van der Waals surface area (Å²) in [5, 5.41) is 0. The molecule has 2 aliphatic rings. The second-order valence-corrected chi connectivity index (χ2v) is 6.58. The van der Waals surface area contributed by atoms with Gasteiger partial charge < -0.3 is 9.80 Å².